The number of fused-ring (bicyclic) bond motifs is 1. The normalized spacial score (nSPS) is 14.2. The topological polar surface area (TPSA) is 78.3 Å². The van der Waals surface area contributed by atoms with Crippen molar-refractivity contribution in [1.29, 1.82) is 0 Å². The summed E-state index contributed by atoms with van der Waals surface area (Å²) in [5, 5.41) is 7.28. The zero-order valence-electron chi connectivity index (χ0n) is 13.7. The van der Waals surface area contributed by atoms with Crippen LogP contribution < -0.4 is 14.8 Å². The Morgan fingerprint density at radius 2 is 2.17 bits per heavy atom. The zero-order chi connectivity index (χ0) is 16.9. The monoisotopic (exact) mass is 348 g/mol. The van der Waals surface area contributed by atoms with Crippen molar-refractivity contribution in [3.8, 4) is 17.2 Å². The van der Waals surface area contributed by atoms with E-state index < -0.39 is 0 Å². The minimum atomic E-state index is -0.189. The lowest BCUT2D eigenvalue weighted by atomic mass is 10.2. The Hall–Kier alpha value is -2.22. The molecule has 0 fully saturated rings. The second-order valence-electron chi connectivity index (χ2n) is 5.39. The molecule has 0 bridgehead atoms. The maximum Gasteiger partial charge on any atom is 0.217 e. The molecule has 1 N–H and O–H groups in total. The fraction of sp³-hybridized carbons (Fsp3) is 0.438. The van der Waals surface area contributed by atoms with Crippen molar-refractivity contribution in [2.75, 3.05) is 25.2 Å². The van der Waals surface area contributed by atoms with Crippen LogP contribution in [0.2, 0.25) is 0 Å². The Balaban J connectivity index is 1.92. The Kier molecular flexibility index (Phi) is 5.24. The number of thioether (sulfide) groups is 1. The molecule has 1 aromatic heterocycles. The standard InChI is InChI=1S/C16H20N4O3S/c1-11(21)19-13(5-8-24-2)16-17-10-18-20(16)12-3-4-14-15(9-12)23-7-6-22-14/h3-4,9-10,13H,5-8H2,1-2H3,(H,19,21)/t13-/m0/s1. The number of carbonyl (C=O) groups is 1. The molecule has 0 unspecified atom stereocenters. The van der Waals surface area contributed by atoms with Crippen LogP contribution in [-0.4, -0.2) is 45.9 Å². The number of benzene rings is 1. The molecule has 2 aromatic rings. The third-order valence-electron chi connectivity index (χ3n) is 3.64. The summed E-state index contributed by atoms with van der Waals surface area (Å²) in [5.41, 5.74) is 0.825. The molecule has 0 saturated carbocycles. The summed E-state index contributed by atoms with van der Waals surface area (Å²) in [6.07, 6.45) is 4.32. The maximum atomic E-state index is 11.5. The molecule has 0 radical (unpaired) electrons. The lowest BCUT2D eigenvalue weighted by Gasteiger charge is -2.20. The molecular formula is C16H20N4O3S. The van der Waals surface area contributed by atoms with Gasteiger partial charge in [-0.05, 0) is 30.6 Å². The number of hydrogen-bond donors (Lipinski definition) is 1. The van der Waals surface area contributed by atoms with Crippen LogP contribution in [0, 0.1) is 0 Å². The Morgan fingerprint density at radius 1 is 1.38 bits per heavy atom. The highest BCUT2D eigenvalue weighted by atomic mass is 32.2. The molecule has 1 aromatic carbocycles. The van der Waals surface area contributed by atoms with E-state index in [1.165, 1.54) is 13.3 Å². The molecule has 7 nitrogen and oxygen atoms in total. The van der Waals surface area contributed by atoms with Gasteiger partial charge >= 0.3 is 0 Å². The number of hydrogen-bond acceptors (Lipinski definition) is 6. The Labute approximate surface area is 144 Å². The number of amides is 1. The van der Waals surface area contributed by atoms with Crippen molar-refractivity contribution < 1.29 is 14.3 Å². The molecule has 1 aliphatic heterocycles. The molecule has 24 heavy (non-hydrogen) atoms. The Bertz CT molecular complexity index is 719. The quantitative estimate of drug-likeness (QED) is 0.860. The molecule has 128 valence electrons. The van der Waals surface area contributed by atoms with E-state index in [0.29, 0.717) is 24.8 Å². The summed E-state index contributed by atoms with van der Waals surface area (Å²) in [6.45, 7) is 2.60. The smallest absolute Gasteiger partial charge is 0.217 e. The van der Waals surface area contributed by atoms with Crippen LogP contribution in [0.1, 0.15) is 25.2 Å². The van der Waals surface area contributed by atoms with Crippen LogP contribution in [0.4, 0.5) is 0 Å². The first-order valence-electron chi connectivity index (χ1n) is 7.75. The number of aromatic nitrogens is 3. The number of carbonyl (C=O) groups excluding carboxylic acids is 1. The molecule has 8 heteroatoms. The fourth-order valence-electron chi connectivity index (χ4n) is 2.60. The van der Waals surface area contributed by atoms with Crippen molar-refractivity contribution in [3.63, 3.8) is 0 Å². The summed E-state index contributed by atoms with van der Waals surface area (Å²) >= 11 is 1.73. The van der Waals surface area contributed by atoms with Gasteiger partial charge in [-0.3, -0.25) is 4.79 Å². The number of nitrogens with zero attached hydrogens (tertiary/aromatic N) is 3. The predicted octanol–water partition coefficient (Wildman–Crippen LogP) is 1.97. The first-order chi connectivity index (χ1) is 11.7. The first kappa shape index (κ1) is 16.6. The molecule has 0 aliphatic carbocycles. The van der Waals surface area contributed by atoms with Gasteiger partial charge in [-0.25, -0.2) is 9.67 Å². The van der Waals surface area contributed by atoms with Crippen molar-refractivity contribution in [2.45, 2.75) is 19.4 Å². The van der Waals surface area contributed by atoms with E-state index in [1.807, 2.05) is 24.5 Å². The van der Waals surface area contributed by atoms with Gasteiger partial charge in [0.15, 0.2) is 17.3 Å². The van der Waals surface area contributed by atoms with Gasteiger partial charge in [-0.15, -0.1) is 0 Å². The van der Waals surface area contributed by atoms with E-state index >= 15 is 0 Å². The van der Waals surface area contributed by atoms with Gasteiger partial charge in [-0.1, -0.05) is 0 Å². The van der Waals surface area contributed by atoms with E-state index in [4.69, 9.17) is 9.47 Å². The van der Waals surface area contributed by atoms with Gasteiger partial charge in [0.2, 0.25) is 5.91 Å². The van der Waals surface area contributed by atoms with Gasteiger partial charge in [0.1, 0.15) is 19.5 Å². The lowest BCUT2D eigenvalue weighted by Crippen LogP contribution is -2.29. The average molecular weight is 348 g/mol. The first-order valence-corrected chi connectivity index (χ1v) is 9.14. The van der Waals surface area contributed by atoms with Crippen molar-refractivity contribution in [3.05, 3.63) is 30.4 Å². The largest absolute Gasteiger partial charge is 0.486 e. The zero-order valence-corrected chi connectivity index (χ0v) is 14.5. The van der Waals surface area contributed by atoms with Crippen molar-refractivity contribution in [1.82, 2.24) is 20.1 Å². The maximum absolute atomic E-state index is 11.5. The fourth-order valence-corrected chi connectivity index (χ4v) is 3.07. The third-order valence-corrected chi connectivity index (χ3v) is 4.29. The number of rotatable bonds is 6. The molecule has 2 heterocycles. The Morgan fingerprint density at radius 3 is 2.92 bits per heavy atom. The molecule has 1 aliphatic rings. The van der Waals surface area contributed by atoms with Crippen LogP contribution in [0.15, 0.2) is 24.5 Å². The summed E-state index contributed by atoms with van der Waals surface area (Å²) in [7, 11) is 0. The van der Waals surface area contributed by atoms with Gasteiger partial charge in [0.05, 0.1) is 11.7 Å². The van der Waals surface area contributed by atoms with Crippen LogP contribution >= 0.6 is 11.8 Å². The summed E-state index contributed by atoms with van der Waals surface area (Å²) in [4.78, 5) is 15.9. The summed E-state index contributed by atoms with van der Waals surface area (Å²) < 4.78 is 12.9. The molecule has 1 atom stereocenters. The van der Waals surface area contributed by atoms with Gasteiger partial charge < -0.3 is 14.8 Å². The van der Waals surface area contributed by atoms with E-state index in [-0.39, 0.29) is 11.9 Å². The van der Waals surface area contributed by atoms with Gasteiger partial charge in [-0.2, -0.15) is 16.9 Å². The van der Waals surface area contributed by atoms with Crippen molar-refractivity contribution >= 4 is 17.7 Å². The second kappa shape index (κ2) is 7.57. The molecule has 3 rings (SSSR count). The van der Waals surface area contributed by atoms with Gasteiger partial charge in [0, 0.05) is 13.0 Å². The van der Waals surface area contributed by atoms with E-state index in [0.717, 1.165) is 23.6 Å². The van der Waals surface area contributed by atoms with Crippen LogP contribution in [-0.2, 0) is 4.79 Å². The van der Waals surface area contributed by atoms with E-state index in [2.05, 4.69) is 15.4 Å². The highest BCUT2D eigenvalue weighted by Crippen LogP contribution is 2.32. The predicted molar refractivity (Wildman–Crippen MR) is 91.9 cm³/mol. The van der Waals surface area contributed by atoms with E-state index in [9.17, 15) is 4.79 Å². The minimum absolute atomic E-state index is 0.0853. The van der Waals surface area contributed by atoms with E-state index in [1.54, 1.807) is 16.4 Å². The van der Waals surface area contributed by atoms with Crippen LogP contribution in [0.5, 0.6) is 11.5 Å². The lowest BCUT2D eigenvalue weighted by molar-refractivity contribution is -0.119. The molecule has 1 amide bonds. The SMILES string of the molecule is CSCC[C@H](NC(C)=O)c1ncnn1-c1ccc2c(c1)OCCO2. The van der Waals surface area contributed by atoms with Gasteiger partial charge in [0.25, 0.3) is 0 Å². The van der Waals surface area contributed by atoms with Crippen molar-refractivity contribution in [2.24, 2.45) is 0 Å². The highest BCUT2D eigenvalue weighted by molar-refractivity contribution is 7.98. The number of nitrogens with one attached hydrogen (secondary N) is 1. The van der Waals surface area contributed by atoms with Crippen LogP contribution in [0.25, 0.3) is 5.69 Å². The summed E-state index contributed by atoms with van der Waals surface area (Å²) in [5.74, 6) is 2.96. The molecule has 0 saturated heterocycles. The molecular weight excluding hydrogens is 328 g/mol. The minimum Gasteiger partial charge on any atom is -0.486 e. The average Bonchev–Trinajstić information content (AvgIpc) is 3.07. The second-order valence-corrected chi connectivity index (χ2v) is 6.38. The molecule has 0 spiro atoms. The number of ether oxygens (including phenoxy) is 2. The van der Waals surface area contributed by atoms with Crippen LogP contribution in [0.3, 0.4) is 0 Å². The highest BCUT2D eigenvalue weighted by Gasteiger charge is 2.21. The third kappa shape index (κ3) is 3.64. The summed E-state index contributed by atoms with van der Waals surface area (Å²) in [6, 6.07) is 5.47.